The van der Waals surface area contributed by atoms with Crippen molar-refractivity contribution < 1.29 is 4.79 Å². The van der Waals surface area contributed by atoms with Gasteiger partial charge in [-0.3, -0.25) is 9.69 Å². The van der Waals surface area contributed by atoms with Crippen molar-refractivity contribution in [2.75, 3.05) is 45.8 Å². The van der Waals surface area contributed by atoms with Crippen molar-refractivity contribution in [2.45, 2.75) is 38.6 Å². The number of nitrogens with zero attached hydrogens (tertiary/aromatic N) is 2. The van der Waals surface area contributed by atoms with Gasteiger partial charge in [-0.25, -0.2) is 0 Å². The van der Waals surface area contributed by atoms with E-state index >= 15 is 0 Å². The summed E-state index contributed by atoms with van der Waals surface area (Å²) in [7, 11) is 0. The van der Waals surface area contributed by atoms with Crippen molar-refractivity contribution in [1.82, 2.24) is 15.1 Å². The SMILES string of the molecule is CCCNC(=O)CC(CN)N1CCN(CC2CC2)CC1. The second-order valence-corrected chi connectivity index (χ2v) is 6.22. The lowest BCUT2D eigenvalue weighted by Crippen LogP contribution is -2.53. The zero-order valence-electron chi connectivity index (χ0n) is 12.8. The molecule has 1 saturated carbocycles. The highest BCUT2D eigenvalue weighted by molar-refractivity contribution is 5.76. The smallest absolute Gasteiger partial charge is 0.221 e. The van der Waals surface area contributed by atoms with E-state index in [1.54, 1.807) is 0 Å². The Morgan fingerprint density at radius 2 is 2.00 bits per heavy atom. The van der Waals surface area contributed by atoms with Gasteiger partial charge in [0.15, 0.2) is 0 Å². The lowest BCUT2D eigenvalue weighted by Gasteiger charge is -2.38. The van der Waals surface area contributed by atoms with Crippen LogP contribution in [0.15, 0.2) is 0 Å². The molecule has 2 fully saturated rings. The van der Waals surface area contributed by atoms with Crippen LogP contribution in [-0.2, 0) is 4.79 Å². The molecule has 3 N–H and O–H groups in total. The predicted molar refractivity (Wildman–Crippen MR) is 81.5 cm³/mol. The molecule has 1 aliphatic carbocycles. The summed E-state index contributed by atoms with van der Waals surface area (Å²) < 4.78 is 0. The molecule has 1 unspecified atom stereocenters. The predicted octanol–water partition coefficient (Wildman–Crippen LogP) is 0.258. The summed E-state index contributed by atoms with van der Waals surface area (Å²) >= 11 is 0. The molecule has 0 spiro atoms. The minimum Gasteiger partial charge on any atom is -0.356 e. The first-order chi connectivity index (χ1) is 9.72. The van der Waals surface area contributed by atoms with E-state index in [4.69, 9.17) is 5.73 Å². The Labute approximate surface area is 122 Å². The minimum atomic E-state index is 0.141. The molecule has 0 bridgehead atoms. The maximum atomic E-state index is 11.8. The van der Waals surface area contributed by atoms with Crippen LogP contribution in [0.25, 0.3) is 0 Å². The molecule has 5 heteroatoms. The number of carbonyl (C=O) groups is 1. The molecule has 1 heterocycles. The number of hydrogen-bond donors (Lipinski definition) is 2. The summed E-state index contributed by atoms with van der Waals surface area (Å²) in [6.45, 7) is 9.05. The van der Waals surface area contributed by atoms with E-state index in [1.807, 2.05) is 0 Å². The largest absolute Gasteiger partial charge is 0.356 e. The third kappa shape index (κ3) is 5.04. The first kappa shape index (κ1) is 15.7. The zero-order valence-corrected chi connectivity index (χ0v) is 12.8. The lowest BCUT2D eigenvalue weighted by atomic mass is 10.1. The molecular weight excluding hydrogens is 252 g/mol. The lowest BCUT2D eigenvalue weighted by molar-refractivity contribution is -0.122. The number of nitrogens with two attached hydrogens (primary N) is 1. The van der Waals surface area contributed by atoms with Gasteiger partial charge in [0.1, 0.15) is 0 Å². The van der Waals surface area contributed by atoms with Gasteiger partial charge in [-0.1, -0.05) is 6.92 Å². The maximum Gasteiger partial charge on any atom is 0.221 e. The fourth-order valence-corrected chi connectivity index (χ4v) is 2.89. The Morgan fingerprint density at radius 1 is 1.30 bits per heavy atom. The molecule has 116 valence electrons. The molecule has 0 radical (unpaired) electrons. The Kier molecular flexibility index (Phi) is 6.26. The van der Waals surface area contributed by atoms with Gasteiger partial charge in [0.2, 0.25) is 5.91 Å². The van der Waals surface area contributed by atoms with Crippen molar-refractivity contribution in [1.29, 1.82) is 0 Å². The van der Waals surface area contributed by atoms with E-state index in [0.29, 0.717) is 13.0 Å². The highest BCUT2D eigenvalue weighted by Crippen LogP contribution is 2.30. The molecule has 0 aromatic rings. The van der Waals surface area contributed by atoms with Gasteiger partial charge in [0.25, 0.3) is 0 Å². The molecule has 0 aromatic carbocycles. The highest BCUT2D eigenvalue weighted by Gasteiger charge is 2.28. The summed E-state index contributed by atoms with van der Waals surface area (Å²) in [6.07, 6.45) is 4.37. The van der Waals surface area contributed by atoms with Crippen molar-refractivity contribution in [3.05, 3.63) is 0 Å². The van der Waals surface area contributed by atoms with Crippen LogP contribution in [-0.4, -0.2) is 67.6 Å². The average Bonchev–Trinajstić information content (AvgIpc) is 3.27. The van der Waals surface area contributed by atoms with Crippen LogP contribution in [0, 0.1) is 5.92 Å². The topological polar surface area (TPSA) is 61.6 Å². The van der Waals surface area contributed by atoms with E-state index in [1.165, 1.54) is 19.4 Å². The summed E-state index contributed by atoms with van der Waals surface area (Å²) in [5.41, 5.74) is 5.87. The number of nitrogens with one attached hydrogen (secondary N) is 1. The highest BCUT2D eigenvalue weighted by atomic mass is 16.1. The molecule has 2 aliphatic rings. The monoisotopic (exact) mass is 282 g/mol. The molecule has 0 aromatic heterocycles. The van der Waals surface area contributed by atoms with Crippen LogP contribution in [0.4, 0.5) is 0 Å². The van der Waals surface area contributed by atoms with Crippen LogP contribution in [0.2, 0.25) is 0 Å². The van der Waals surface area contributed by atoms with E-state index in [-0.39, 0.29) is 11.9 Å². The van der Waals surface area contributed by atoms with Crippen LogP contribution in [0.5, 0.6) is 0 Å². The molecule has 1 aliphatic heterocycles. The van der Waals surface area contributed by atoms with Gasteiger partial charge < -0.3 is 16.0 Å². The molecule has 20 heavy (non-hydrogen) atoms. The fraction of sp³-hybridized carbons (Fsp3) is 0.933. The fourth-order valence-electron chi connectivity index (χ4n) is 2.89. The van der Waals surface area contributed by atoms with Gasteiger partial charge in [-0.2, -0.15) is 0 Å². The number of hydrogen-bond acceptors (Lipinski definition) is 4. The Balaban J connectivity index is 1.70. The molecule has 1 atom stereocenters. The molecule has 1 amide bonds. The Hall–Kier alpha value is -0.650. The van der Waals surface area contributed by atoms with E-state index in [9.17, 15) is 4.79 Å². The van der Waals surface area contributed by atoms with Gasteiger partial charge >= 0.3 is 0 Å². The number of rotatable bonds is 8. The standard InChI is InChI=1S/C15H30N4O/c1-2-5-17-15(20)10-14(11-16)19-8-6-18(7-9-19)12-13-3-4-13/h13-14H,2-12,16H2,1H3,(H,17,20). The molecule has 5 nitrogen and oxygen atoms in total. The summed E-state index contributed by atoms with van der Waals surface area (Å²) in [5.74, 6) is 1.11. The van der Waals surface area contributed by atoms with Crippen LogP contribution >= 0.6 is 0 Å². The maximum absolute atomic E-state index is 11.8. The Bertz CT molecular complexity index is 298. The molecule has 2 rings (SSSR count). The quantitative estimate of drug-likeness (QED) is 0.670. The summed E-state index contributed by atoms with van der Waals surface area (Å²) in [4.78, 5) is 16.8. The van der Waals surface area contributed by atoms with Crippen molar-refractivity contribution in [3.63, 3.8) is 0 Å². The van der Waals surface area contributed by atoms with Gasteiger partial charge in [0, 0.05) is 58.3 Å². The number of amides is 1. The van der Waals surface area contributed by atoms with Gasteiger partial charge in [0.05, 0.1) is 0 Å². The Morgan fingerprint density at radius 3 is 2.55 bits per heavy atom. The van der Waals surface area contributed by atoms with E-state index in [2.05, 4.69) is 22.0 Å². The number of piperazine rings is 1. The average molecular weight is 282 g/mol. The second-order valence-electron chi connectivity index (χ2n) is 6.22. The summed E-state index contributed by atoms with van der Waals surface area (Å²) in [6, 6.07) is 0.204. The molecule has 1 saturated heterocycles. The van der Waals surface area contributed by atoms with Crippen molar-refractivity contribution in [3.8, 4) is 0 Å². The van der Waals surface area contributed by atoms with Crippen LogP contribution in [0.1, 0.15) is 32.6 Å². The third-order valence-electron chi connectivity index (χ3n) is 4.40. The summed E-state index contributed by atoms with van der Waals surface area (Å²) in [5, 5.41) is 2.95. The van der Waals surface area contributed by atoms with Crippen molar-refractivity contribution in [2.24, 2.45) is 11.7 Å². The minimum absolute atomic E-state index is 0.141. The van der Waals surface area contributed by atoms with Crippen LogP contribution < -0.4 is 11.1 Å². The first-order valence-corrected chi connectivity index (χ1v) is 8.16. The first-order valence-electron chi connectivity index (χ1n) is 8.16. The normalized spacial score (nSPS) is 22.7. The van der Waals surface area contributed by atoms with E-state index < -0.39 is 0 Å². The van der Waals surface area contributed by atoms with E-state index in [0.717, 1.165) is 45.1 Å². The van der Waals surface area contributed by atoms with Crippen LogP contribution in [0.3, 0.4) is 0 Å². The second kappa shape index (κ2) is 7.96. The number of carbonyl (C=O) groups excluding carboxylic acids is 1. The van der Waals surface area contributed by atoms with Crippen molar-refractivity contribution >= 4 is 5.91 Å². The zero-order chi connectivity index (χ0) is 14.4. The van der Waals surface area contributed by atoms with Gasteiger partial charge in [-0.05, 0) is 25.2 Å². The molecular formula is C15H30N4O. The third-order valence-corrected chi connectivity index (χ3v) is 4.40. The van der Waals surface area contributed by atoms with Gasteiger partial charge in [-0.15, -0.1) is 0 Å².